The molecule has 2 aromatic heterocycles. The fraction of sp³-hybridized carbons (Fsp3) is 0.286. The van der Waals surface area contributed by atoms with Gasteiger partial charge in [0.05, 0.1) is 18.1 Å². The fourth-order valence-electron chi connectivity index (χ4n) is 4.92. The van der Waals surface area contributed by atoms with Crippen molar-refractivity contribution in [3.05, 3.63) is 78.0 Å². The number of carbonyl (C=O) groups is 2. The molecule has 0 saturated heterocycles. The predicted octanol–water partition coefficient (Wildman–Crippen LogP) is 5.17. The Balaban J connectivity index is 1.49. The van der Waals surface area contributed by atoms with Crippen molar-refractivity contribution in [3.8, 4) is 17.3 Å². The molecule has 1 aliphatic rings. The number of benzene rings is 2. The number of aliphatic carboxylic acids is 1. The van der Waals surface area contributed by atoms with Gasteiger partial charge in [0.2, 0.25) is 0 Å². The van der Waals surface area contributed by atoms with Crippen LogP contribution in [-0.2, 0) is 4.79 Å². The number of imidazole rings is 1. The van der Waals surface area contributed by atoms with Crippen molar-refractivity contribution < 1.29 is 19.4 Å². The van der Waals surface area contributed by atoms with E-state index in [4.69, 9.17) is 9.72 Å². The van der Waals surface area contributed by atoms with Crippen molar-refractivity contribution >= 4 is 22.9 Å². The zero-order valence-electron chi connectivity index (χ0n) is 20.1. The lowest BCUT2D eigenvalue weighted by Crippen LogP contribution is -2.33. The van der Waals surface area contributed by atoms with E-state index in [0.29, 0.717) is 28.4 Å². The number of carboxylic acids is 1. The molecule has 0 bridgehead atoms. The third-order valence-corrected chi connectivity index (χ3v) is 6.76. The number of amides is 1. The maximum absolute atomic E-state index is 13.1. The van der Waals surface area contributed by atoms with Crippen LogP contribution in [0.15, 0.2) is 66.9 Å². The van der Waals surface area contributed by atoms with E-state index in [0.717, 1.165) is 29.9 Å². The lowest BCUT2D eigenvalue weighted by molar-refractivity contribution is -0.139. The molecule has 1 fully saturated rings. The number of methoxy groups -OCH3 is 1. The lowest BCUT2D eigenvalue weighted by Gasteiger charge is -2.25. The average Bonchev–Trinajstić information content (AvgIpc) is 3.31. The normalized spacial score (nSPS) is 14.9. The fourth-order valence-corrected chi connectivity index (χ4v) is 4.92. The number of rotatable bonds is 7. The Bertz CT molecular complexity index is 1380. The molecule has 1 saturated carbocycles. The molecule has 8 heteroatoms. The summed E-state index contributed by atoms with van der Waals surface area (Å²) in [5.41, 5.74) is 3.23. The van der Waals surface area contributed by atoms with Gasteiger partial charge in [-0.15, -0.1) is 0 Å². The van der Waals surface area contributed by atoms with Gasteiger partial charge in [0.25, 0.3) is 5.91 Å². The summed E-state index contributed by atoms with van der Waals surface area (Å²) < 4.78 is 7.40. The second-order valence-corrected chi connectivity index (χ2v) is 9.03. The number of fused-ring (bicyclic) bond motifs is 1. The van der Waals surface area contributed by atoms with Crippen molar-refractivity contribution in [1.29, 1.82) is 0 Å². The van der Waals surface area contributed by atoms with Crippen LogP contribution in [0.25, 0.3) is 22.6 Å². The molecule has 0 aliphatic heterocycles. The molecule has 1 aliphatic carbocycles. The highest BCUT2D eigenvalue weighted by Gasteiger charge is 2.25. The van der Waals surface area contributed by atoms with Gasteiger partial charge in [-0.2, -0.15) is 0 Å². The zero-order valence-corrected chi connectivity index (χ0v) is 20.1. The monoisotopic (exact) mass is 484 g/mol. The quantitative estimate of drug-likeness (QED) is 0.375. The third-order valence-electron chi connectivity index (χ3n) is 6.76. The Morgan fingerprint density at radius 2 is 1.83 bits per heavy atom. The molecule has 0 spiro atoms. The van der Waals surface area contributed by atoms with Crippen LogP contribution >= 0.6 is 0 Å². The number of carboxylic acid groups (broad SMARTS) is 1. The average molecular weight is 485 g/mol. The first-order valence-corrected chi connectivity index (χ1v) is 12.2. The van der Waals surface area contributed by atoms with Gasteiger partial charge in [0, 0.05) is 17.8 Å². The Morgan fingerprint density at radius 1 is 1.06 bits per heavy atom. The van der Waals surface area contributed by atoms with Crippen LogP contribution in [-0.4, -0.2) is 38.6 Å². The zero-order chi connectivity index (χ0) is 25.1. The van der Waals surface area contributed by atoms with E-state index in [2.05, 4.69) is 14.9 Å². The Kier molecular flexibility index (Phi) is 6.66. The summed E-state index contributed by atoms with van der Waals surface area (Å²) in [6, 6.07) is 16.9. The van der Waals surface area contributed by atoms with Crippen LogP contribution in [0.5, 0.6) is 5.75 Å². The van der Waals surface area contributed by atoms with E-state index in [1.165, 1.54) is 26.4 Å². The summed E-state index contributed by atoms with van der Waals surface area (Å²) in [5, 5.41) is 12.4. The largest absolute Gasteiger partial charge is 0.497 e. The molecule has 2 heterocycles. The first-order chi connectivity index (χ1) is 17.5. The summed E-state index contributed by atoms with van der Waals surface area (Å²) >= 11 is 0. The van der Waals surface area contributed by atoms with Gasteiger partial charge in [0.1, 0.15) is 11.4 Å². The van der Waals surface area contributed by atoms with E-state index in [1.54, 1.807) is 42.6 Å². The van der Waals surface area contributed by atoms with Crippen molar-refractivity contribution in [3.63, 3.8) is 0 Å². The van der Waals surface area contributed by atoms with E-state index >= 15 is 0 Å². The first kappa shape index (κ1) is 23.5. The van der Waals surface area contributed by atoms with Crippen LogP contribution in [0.3, 0.4) is 0 Å². The van der Waals surface area contributed by atoms with Crippen LogP contribution in [0.1, 0.15) is 60.1 Å². The highest BCUT2D eigenvalue weighted by atomic mass is 16.5. The Morgan fingerprint density at radius 3 is 2.50 bits per heavy atom. The van der Waals surface area contributed by atoms with Crippen LogP contribution in [0.4, 0.5) is 0 Å². The van der Waals surface area contributed by atoms with Crippen LogP contribution < -0.4 is 10.1 Å². The summed E-state index contributed by atoms with van der Waals surface area (Å²) in [4.78, 5) is 34.5. The number of hydrogen-bond acceptors (Lipinski definition) is 5. The molecule has 1 atom stereocenters. The molecule has 1 amide bonds. The minimum atomic E-state index is -1.19. The third kappa shape index (κ3) is 4.66. The number of aromatic nitrogens is 3. The number of nitrogens with one attached hydrogen (secondary N) is 1. The van der Waals surface area contributed by atoms with Crippen LogP contribution in [0.2, 0.25) is 0 Å². The van der Waals surface area contributed by atoms with E-state index in [-0.39, 0.29) is 0 Å². The first-order valence-electron chi connectivity index (χ1n) is 12.2. The number of carbonyl (C=O) groups excluding carboxylic acids is 1. The van der Waals surface area contributed by atoms with E-state index < -0.39 is 17.9 Å². The molecule has 184 valence electrons. The molecule has 0 unspecified atom stereocenters. The van der Waals surface area contributed by atoms with Crippen molar-refractivity contribution in [2.75, 3.05) is 7.11 Å². The number of nitrogens with zero attached hydrogens (tertiary/aromatic N) is 3. The summed E-state index contributed by atoms with van der Waals surface area (Å²) in [7, 11) is 1.54. The molecule has 2 N–H and O–H groups in total. The summed E-state index contributed by atoms with van der Waals surface area (Å²) in [6.45, 7) is 0. The second-order valence-electron chi connectivity index (χ2n) is 9.03. The summed E-state index contributed by atoms with van der Waals surface area (Å²) in [6.07, 6.45) is 7.50. The molecular weight excluding hydrogens is 456 g/mol. The number of ether oxygens (including phenoxy) is 1. The molecule has 4 aromatic rings. The Hall–Kier alpha value is -4.20. The van der Waals surface area contributed by atoms with Gasteiger partial charge in [-0.25, -0.2) is 9.78 Å². The second kappa shape index (κ2) is 10.2. The van der Waals surface area contributed by atoms with Gasteiger partial charge < -0.3 is 19.7 Å². The maximum Gasteiger partial charge on any atom is 0.330 e. The van der Waals surface area contributed by atoms with Crippen molar-refractivity contribution in [2.24, 2.45) is 0 Å². The molecule has 8 nitrogen and oxygen atoms in total. The topological polar surface area (TPSA) is 106 Å². The van der Waals surface area contributed by atoms with Gasteiger partial charge in [-0.1, -0.05) is 37.5 Å². The molecule has 5 rings (SSSR count). The molecule has 0 radical (unpaired) electrons. The van der Waals surface area contributed by atoms with Crippen LogP contribution in [0, 0.1) is 0 Å². The lowest BCUT2D eigenvalue weighted by atomic mass is 9.95. The summed E-state index contributed by atoms with van der Waals surface area (Å²) in [5.74, 6) is -0.228. The molecule has 2 aromatic carbocycles. The maximum atomic E-state index is 13.1. The predicted molar refractivity (Wildman–Crippen MR) is 136 cm³/mol. The Labute approximate surface area is 209 Å². The van der Waals surface area contributed by atoms with E-state index in [1.807, 2.05) is 24.3 Å². The van der Waals surface area contributed by atoms with Gasteiger partial charge in [-0.3, -0.25) is 9.78 Å². The van der Waals surface area contributed by atoms with Gasteiger partial charge >= 0.3 is 5.97 Å². The number of hydrogen-bond donors (Lipinski definition) is 2. The van der Waals surface area contributed by atoms with Gasteiger partial charge in [-0.05, 0) is 60.9 Å². The highest BCUT2D eigenvalue weighted by molar-refractivity contribution is 5.99. The van der Waals surface area contributed by atoms with Crippen molar-refractivity contribution in [1.82, 2.24) is 19.9 Å². The highest BCUT2D eigenvalue weighted by Crippen LogP contribution is 2.35. The van der Waals surface area contributed by atoms with Gasteiger partial charge in [0.15, 0.2) is 11.9 Å². The smallest absolute Gasteiger partial charge is 0.330 e. The number of pyridine rings is 1. The van der Waals surface area contributed by atoms with Crippen molar-refractivity contribution in [2.45, 2.75) is 44.2 Å². The molecule has 36 heavy (non-hydrogen) atoms. The minimum Gasteiger partial charge on any atom is -0.497 e. The SMILES string of the molecule is COc1ccc([C@@H](NC(=O)c2ccc3c(c2)nc(-c2ccccn2)n3C2CCCCC2)C(=O)O)cc1. The minimum absolute atomic E-state index is 0.326. The standard InChI is InChI=1S/C28H28N4O4/c1-36-21-13-10-18(11-14-21)25(28(34)35)31-27(33)19-12-15-24-23(17-19)30-26(22-9-5-6-16-29-22)32(24)20-7-3-2-4-8-20/h5-6,9-17,20,25H,2-4,7-8H2,1H3,(H,31,33)(H,34,35)/t25-/m1/s1. The van der Waals surface area contributed by atoms with E-state index in [9.17, 15) is 14.7 Å². The molecular formula is C28H28N4O4.